The van der Waals surface area contributed by atoms with Crippen LogP contribution in [-0.2, 0) is 16.1 Å². The summed E-state index contributed by atoms with van der Waals surface area (Å²) in [5.41, 5.74) is -0.00496. The third kappa shape index (κ3) is 3.85. The summed E-state index contributed by atoms with van der Waals surface area (Å²) in [5, 5.41) is 23.0. The highest BCUT2D eigenvalue weighted by molar-refractivity contribution is 5.92. The van der Waals surface area contributed by atoms with E-state index in [1.807, 2.05) is 0 Å². The summed E-state index contributed by atoms with van der Waals surface area (Å²) >= 11 is 0. The van der Waals surface area contributed by atoms with Gasteiger partial charge in [-0.05, 0) is 0 Å². The quantitative estimate of drug-likeness (QED) is 0.586. The van der Waals surface area contributed by atoms with Gasteiger partial charge in [0.2, 0.25) is 0 Å². The number of nitrogens with zero attached hydrogens (tertiary/aromatic N) is 1. The first-order valence-electron chi connectivity index (χ1n) is 4.68. The second-order valence-electron chi connectivity index (χ2n) is 3.18. The van der Waals surface area contributed by atoms with E-state index in [0.717, 1.165) is 0 Å². The molecule has 1 rings (SSSR count). The van der Waals surface area contributed by atoms with Gasteiger partial charge < -0.3 is 24.8 Å². The van der Waals surface area contributed by atoms with Gasteiger partial charge in [0, 0.05) is 13.2 Å². The lowest BCUT2D eigenvalue weighted by Gasteiger charge is -2.05. The molecule has 17 heavy (non-hydrogen) atoms. The molecule has 1 atom stereocenters. The van der Waals surface area contributed by atoms with Crippen LogP contribution in [0.3, 0.4) is 0 Å². The largest absolute Gasteiger partial charge is 0.479 e. The molecule has 0 spiro atoms. The van der Waals surface area contributed by atoms with Crippen molar-refractivity contribution in [1.29, 1.82) is 0 Å². The predicted molar refractivity (Wildman–Crippen MR) is 53.2 cm³/mol. The van der Waals surface area contributed by atoms with Crippen molar-refractivity contribution >= 4 is 11.9 Å². The monoisotopic (exact) mass is 244 g/mol. The van der Waals surface area contributed by atoms with E-state index in [0.29, 0.717) is 5.76 Å². The van der Waals surface area contributed by atoms with Gasteiger partial charge in [-0.1, -0.05) is 5.16 Å². The average Bonchev–Trinajstić information content (AvgIpc) is 2.74. The van der Waals surface area contributed by atoms with E-state index in [9.17, 15) is 9.59 Å². The molecule has 0 saturated heterocycles. The van der Waals surface area contributed by atoms with Crippen LogP contribution in [0.4, 0.5) is 0 Å². The van der Waals surface area contributed by atoms with Gasteiger partial charge in [0.25, 0.3) is 5.91 Å². The molecule has 0 radical (unpaired) electrons. The molecule has 0 unspecified atom stereocenters. The summed E-state index contributed by atoms with van der Waals surface area (Å²) in [5.74, 6) is -1.67. The first-order chi connectivity index (χ1) is 8.04. The number of aliphatic hydroxyl groups is 1. The maximum absolute atomic E-state index is 11.4. The van der Waals surface area contributed by atoms with Crippen molar-refractivity contribution < 1.29 is 29.1 Å². The number of amides is 1. The number of aliphatic hydroxyl groups excluding tert-OH is 1. The molecule has 0 saturated carbocycles. The van der Waals surface area contributed by atoms with Gasteiger partial charge in [-0.15, -0.1) is 0 Å². The molecule has 1 heterocycles. The van der Waals surface area contributed by atoms with Crippen molar-refractivity contribution in [3.05, 3.63) is 17.5 Å². The van der Waals surface area contributed by atoms with E-state index in [2.05, 4.69) is 10.5 Å². The molecule has 0 fully saturated rings. The van der Waals surface area contributed by atoms with Crippen molar-refractivity contribution in [1.82, 2.24) is 10.5 Å². The number of hydrogen-bond donors (Lipinski definition) is 3. The highest BCUT2D eigenvalue weighted by atomic mass is 16.5. The third-order valence-electron chi connectivity index (χ3n) is 1.82. The van der Waals surface area contributed by atoms with Crippen molar-refractivity contribution in [2.24, 2.45) is 0 Å². The highest BCUT2D eigenvalue weighted by Gasteiger charge is 2.17. The van der Waals surface area contributed by atoms with Crippen LogP contribution in [-0.4, -0.2) is 47.0 Å². The van der Waals surface area contributed by atoms with Gasteiger partial charge >= 0.3 is 5.97 Å². The second kappa shape index (κ2) is 5.97. The molecule has 1 aromatic heterocycles. The molecule has 0 aromatic carbocycles. The lowest BCUT2D eigenvalue weighted by Crippen LogP contribution is -2.36. The zero-order valence-corrected chi connectivity index (χ0v) is 9.04. The number of carboxylic acids is 1. The van der Waals surface area contributed by atoms with E-state index in [1.165, 1.54) is 13.2 Å². The normalized spacial score (nSPS) is 12.1. The van der Waals surface area contributed by atoms with E-state index >= 15 is 0 Å². The number of carboxylic acid groups (broad SMARTS) is 1. The SMILES string of the molecule is COCc1cc(C(=O)NC[C@H](O)C(=O)O)no1. The Hall–Kier alpha value is -1.93. The van der Waals surface area contributed by atoms with Crippen LogP contribution in [0.2, 0.25) is 0 Å². The molecular formula is C9H12N2O6. The Morgan fingerprint density at radius 3 is 2.94 bits per heavy atom. The lowest BCUT2D eigenvalue weighted by atomic mass is 10.3. The molecule has 1 amide bonds. The Morgan fingerprint density at radius 2 is 2.35 bits per heavy atom. The Kier molecular flexibility index (Phi) is 4.61. The predicted octanol–water partition coefficient (Wildman–Crippen LogP) is -1.00. The summed E-state index contributed by atoms with van der Waals surface area (Å²) < 4.78 is 9.53. The molecule has 0 aliphatic heterocycles. The number of methoxy groups -OCH3 is 1. The molecule has 1 aromatic rings. The van der Waals surface area contributed by atoms with Crippen molar-refractivity contribution in [3.63, 3.8) is 0 Å². The number of hydrogen-bond acceptors (Lipinski definition) is 6. The Bertz CT molecular complexity index is 402. The van der Waals surface area contributed by atoms with Crippen LogP contribution >= 0.6 is 0 Å². The molecule has 0 aliphatic rings. The van der Waals surface area contributed by atoms with Crippen LogP contribution in [0, 0.1) is 0 Å². The third-order valence-corrected chi connectivity index (χ3v) is 1.82. The maximum Gasteiger partial charge on any atom is 0.334 e. The summed E-state index contributed by atoms with van der Waals surface area (Å²) in [6, 6.07) is 1.37. The van der Waals surface area contributed by atoms with Gasteiger partial charge in [-0.2, -0.15) is 0 Å². The van der Waals surface area contributed by atoms with E-state index in [-0.39, 0.29) is 12.3 Å². The molecule has 3 N–H and O–H groups in total. The lowest BCUT2D eigenvalue weighted by molar-refractivity contribution is -0.146. The molecular weight excluding hydrogens is 232 g/mol. The number of nitrogens with one attached hydrogen (secondary N) is 1. The fourth-order valence-electron chi connectivity index (χ4n) is 0.998. The molecule has 8 heteroatoms. The minimum Gasteiger partial charge on any atom is -0.479 e. The molecule has 0 aliphatic carbocycles. The van der Waals surface area contributed by atoms with Crippen LogP contribution < -0.4 is 5.32 Å². The Labute approximate surface area is 96.2 Å². The first-order valence-corrected chi connectivity index (χ1v) is 4.68. The fourth-order valence-corrected chi connectivity index (χ4v) is 0.998. The van der Waals surface area contributed by atoms with Crippen molar-refractivity contribution in [3.8, 4) is 0 Å². The minimum absolute atomic E-state index is 0.00496. The summed E-state index contributed by atoms with van der Waals surface area (Å²) in [7, 11) is 1.46. The van der Waals surface area contributed by atoms with Crippen LogP contribution in [0.25, 0.3) is 0 Å². The summed E-state index contributed by atoms with van der Waals surface area (Å²) in [6.07, 6.45) is -1.65. The van der Waals surface area contributed by atoms with Gasteiger partial charge in [0.1, 0.15) is 6.61 Å². The first kappa shape index (κ1) is 13.1. The van der Waals surface area contributed by atoms with Crippen molar-refractivity contribution in [2.45, 2.75) is 12.7 Å². The minimum atomic E-state index is -1.65. The van der Waals surface area contributed by atoms with Crippen LogP contribution in [0.1, 0.15) is 16.2 Å². The maximum atomic E-state index is 11.4. The zero-order valence-electron chi connectivity index (χ0n) is 9.04. The van der Waals surface area contributed by atoms with Gasteiger partial charge in [-0.3, -0.25) is 4.79 Å². The summed E-state index contributed by atoms with van der Waals surface area (Å²) in [4.78, 5) is 21.7. The second-order valence-corrected chi connectivity index (χ2v) is 3.18. The Balaban J connectivity index is 2.49. The Morgan fingerprint density at radius 1 is 1.65 bits per heavy atom. The van der Waals surface area contributed by atoms with E-state index in [4.69, 9.17) is 19.5 Å². The fraction of sp³-hybridized carbons (Fsp3) is 0.444. The molecule has 8 nitrogen and oxygen atoms in total. The summed E-state index contributed by atoms with van der Waals surface area (Å²) in [6.45, 7) is -0.224. The van der Waals surface area contributed by atoms with E-state index in [1.54, 1.807) is 0 Å². The topological polar surface area (TPSA) is 122 Å². The number of carbonyl (C=O) groups is 2. The number of aromatic nitrogens is 1. The number of carbonyl (C=O) groups excluding carboxylic acids is 1. The van der Waals surface area contributed by atoms with Gasteiger partial charge in [-0.25, -0.2) is 4.79 Å². The van der Waals surface area contributed by atoms with E-state index < -0.39 is 24.5 Å². The molecule has 0 bridgehead atoms. The van der Waals surface area contributed by atoms with Crippen molar-refractivity contribution in [2.75, 3.05) is 13.7 Å². The van der Waals surface area contributed by atoms with Gasteiger partial charge in [0.05, 0.1) is 6.54 Å². The highest BCUT2D eigenvalue weighted by Crippen LogP contribution is 2.04. The number of rotatable bonds is 6. The van der Waals surface area contributed by atoms with Gasteiger partial charge in [0.15, 0.2) is 17.6 Å². The zero-order chi connectivity index (χ0) is 12.8. The number of ether oxygens (including phenoxy) is 1. The smallest absolute Gasteiger partial charge is 0.334 e. The number of aliphatic carboxylic acids is 1. The van der Waals surface area contributed by atoms with Crippen LogP contribution in [0.5, 0.6) is 0 Å². The standard InChI is InChI=1S/C9H12N2O6/c1-16-4-5-2-6(11-17-5)8(13)10-3-7(12)9(14)15/h2,7,12H,3-4H2,1H3,(H,10,13)(H,14,15)/t7-/m0/s1. The molecule has 94 valence electrons. The average molecular weight is 244 g/mol. The van der Waals surface area contributed by atoms with Crippen LogP contribution in [0.15, 0.2) is 10.6 Å².